The van der Waals surface area contributed by atoms with Crippen molar-refractivity contribution in [3.63, 3.8) is 0 Å². The second-order valence-corrected chi connectivity index (χ2v) is 5.25. The normalized spacial score (nSPS) is 14.7. The summed E-state index contributed by atoms with van der Waals surface area (Å²) < 4.78 is 5.14. The number of rotatable bonds is 5. The van der Waals surface area contributed by atoms with Crippen molar-refractivity contribution in [2.24, 2.45) is 5.92 Å². The van der Waals surface area contributed by atoms with Crippen molar-refractivity contribution in [2.45, 2.75) is 19.3 Å². The third-order valence-electron chi connectivity index (χ3n) is 2.80. The summed E-state index contributed by atoms with van der Waals surface area (Å²) >= 11 is 1.58. The standard InChI is InChI=1S/C12H13N3O2S/c16-12(8-3-4-8)13-6-5-10-14-11(15-17-10)9-2-1-7-18-9/h1-2,7-8H,3-6H2,(H,13,16). The molecule has 5 nitrogen and oxygen atoms in total. The fourth-order valence-electron chi connectivity index (χ4n) is 1.64. The Morgan fingerprint density at radius 3 is 3.17 bits per heavy atom. The molecule has 0 aliphatic heterocycles. The van der Waals surface area contributed by atoms with Crippen molar-refractivity contribution >= 4 is 17.2 Å². The smallest absolute Gasteiger partial charge is 0.228 e. The molecule has 1 aliphatic rings. The van der Waals surface area contributed by atoms with Gasteiger partial charge in [0, 0.05) is 18.9 Å². The van der Waals surface area contributed by atoms with E-state index in [-0.39, 0.29) is 11.8 Å². The van der Waals surface area contributed by atoms with Crippen molar-refractivity contribution in [1.29, 1.82) is 0 Å². The number of thiophene rings is 1. The zero-order valence-corrected chi connectivity index (χ0v) is 10.6. The minimum Gasteiger partial charge on any atom is -0.355 e. The lowest BCUT2D eigenvalue weighted by Gasteiger charge is -2.00. The van der Waals surface area contributed by atoms with Gasteiger partial charge in [0.25, 0.3) is 0 Å². The number of nitrogens with one attached hydrogen (secondary N) is 1. The van der Waals surface area contributed by atoms with Gasteiger partial charge in [0.05, 0.1) is 4.88 Å². The van der Waals surface area contributed by atoms with Crippen LogP contribution in [-0.2, 0) is 11.2 Å². The van der Waals surface area contributed by atoms with Crippen molar-refractivity contribution < 1.29 is 9.32 Å². The minimum atomic E-state index is 0.146. The predicted octanol–water partition coefficient (Wildman–Crippen LogP) is 1.87. The zero-order valence-electron chi connectivity index (χ0n) is 9.76. The SMILES string of the molecule is O=C(NCCc1nc(-c2cccs2)no1)C1CC1. The van der Waals surface area contributed by atoms with Crippen LogP contribution < -0.4 is 5.32 Å². The van der Waals surface area contributed by atoms with Gasteiger partial charge in [0.15, 0.2) is 0 Å². The summed E-state index contributed by atoms with van der Waals surface area (Å²) in [7, 11) is 0. The van der Waals surface area contributed by atoms with E-state index in [1.54, 1.807) is 11.3 Å². The predicted molar refractivity (Wildman–Crippen MR) is 67.0 cm³/mol. The Morgan fingerprint density at radius 2 is 2.44 bits per heavy atom. The average Bonchev–Trinajstić information content (AvgIpc) is 2.90. The molecule has 1 N–H and O–H groups in total. The van der Waals surface area contributed by atoms with E-state index in [0.717, 1.165) is 17.7 Å². The van der Waals surface area contributed by atoms with Gasteiger partial charge in [-0.3, -0.25) is 4.79 Å². The summed E-state index contributed by atoms with van der Waals surface area (Å²) in [6.45, 7) is 0.557. The number of hydrogen-bond acceptors (Lipinski definition) is 5. The van der Waals surface area contributed by atoms with Crippen LogP contribution in [0.2, 0.25) is 0 Å². The molecule has 0 radical (unpaired) electrons. The van der Waals surface area contributed by atoms with E-state index in [1.807, 2.05) is 17.5 Å². The summed E-state index contributed by atoms with van der Waals surface area (Å²) in [6, 6.07) is 3.90. The highest BCUT2D eigenvalue weighted by Crippen LogP contribution is 2.28. The lowest BCUT2D eigenvalue weighted by molar-refractivity contribution is -0.122. The number of amides is 1. The van der Waals surface area contributed by atoms with Crippen molar-refractivity contribution in [3.05, 3.63) is 23.4 Å². The van der Waals surface area contributed by atoms with Crippen LogP contribution in [0.15, 0.2) is 22.0 Å². The molecule has 0 spiro atoms. The molecule has 2 aromatic heterocycles. The Hall–Kier alpha value is -1.69. The maximum atomic E-state index is 11.4. The van der Waals surface area contributed by atoms with Crippen LogP contribution in [-0.4, -0.2) is 22.6 Å². The minimum absolute atomic E-state index is 0.146. The molecular formula is C12H13N3O2S. The molecule has 3 rings (SSSR count). The molecule has 1 amide bonds. The Morgan fingerprint density at radius 1 is 1.56 bits per heavy atom. The molecule has 0 aromatic carbocycles. The van der Waals surface area contributed by atoms with Crippen LogP contribution in [0, 0.1) is 5.92 Å². The Balaban J connectivity index is 1.52. The number of carbonyl (C=O) groups is 1. The lowest BCUT2D eigenvalue weighted by Crippen LogP contribution is -2.26. The summed E-state index contributed by atoms with van der Waals surface area (Å²) in [5, 5.41) is 8.76. The molecule has 2 heterocycles. The molecule has 1 fully saturated rings. The zero-order chi connectivity index (χ0) is 12.4. The summed E-state index contributed by atoms with van der Waals surface area (Å²) in [6.07, 6.45) is 2.63. The Kier molecular flexibility index (Phi) is 3.10. The molecule has 0 saturated heterocycles. The lowest BCUT2D eigenvalue weighted by atomic mass is 10.3. The highest BCUT2D eigenvalue weighted by molar-refractivity contribution is 7.13. The van der Waals surface area contributed by atoms with E-state index in [0.29, 0.717) is 24.7 Å². The van der Waals surface area contributed by atoms with Crippen molar-refractivity contribution in [1.82, 2.24) is 15.5 Å². The number of carbonyl (C=O) groups excluding carboxylic acids is 1. The Labute approximate surface area is 108 Å². The van der Waals surface area contributed by atoms with Crippen molar-refractivity contribution in [3.8, 4) is 10.7 Å². The molecule has 94 valence electrons. The number of aromatic nitrogens is 2. The molecule has 1 aliphatic carbocycles. The van der Waals surface area contributed by atoms with Gasteiger partial charge in [-0.25, -0.2) is 0 Å². The third-order valence-corrected chi connectivity index (χ3v) is 3.66. The van der Waals surface area contributed by atoms with Gasteiger partial charge in [0.2, 0.25) is 17.6 Å². The van der Waals surface area contributed by atoms with Gasteiger partial charge >= 0.3 is 0 Å². The second kappa shape index (κ2) is 4.89. The molecule has 18 heavy (non-hydrogen) atoms. The highest BCUT2D eigenvalue weighted by atomic mass is 32.1. The first-order valence-corrected chi connectivity index (χ1v) is 6.85. The first-order chi connectivity index (χ1) is 8.83. The maximum Gasteiger partial charge on any atom is 0.228 e. The van der Waals surface area contributed by atoms with Crippen LogP contribution in [0.25, 0.3) is 10.7 Å². The Bertz CT molecular complexity index is 531. The maximum absolute atomic E-state index is 11.4. The molecule has 0 bridgehead atoms. The van der Waals surface area contributed by atoms with Gasteiger partial charge in [-0.05, 0) is 24.3 Å². The van der Waals surface area contributed by atoms with Crippen LogP contribution in [0.1, 0.15) is 18.7 Å². The first-order valence-electron chi connectivity index (χ1n) is 5.97. The van der Waals surface area contributed by atoms with E-state index in [1.165, 1.54) is 0 Å². The molecule has 6 heteroatoms. The largest absolute Gasteiger partial charge is 0.355 e. The van der Waals surface area contributed by atoms with Crippen LogP contribution >= 0.6 is 11.3 Å². The van der Waals surface area contributed by atoms with E-state index in [4.69, 9.17) is 4.52 Å². The van der Waals surface area contributed by atoms with E-state index in [9.17, 15) is 4.79 Å². The summed E-state index contributed by atoms with van der Waals surface area (Å²) in [4.78, 5) is 16.7. The van der Waals surface area contributed by atoms with Gasteiger partial charge < -0.3 is 9.84 Å². The highest BCUT2D eigenvalue weighted by Gasteiger charge is 2.29. The molecule has 1 saturated carbocycles. The topological polar surface area (TPSA) is 68.0 Å². The molecule has 0 atom stereocenters. The number of hydrogen-bond donors (Lipinski definition) is 1. The average molecular weight is 263 g/mol. The molecular weight excluding hydrogens is 250 g/mol. The molecule has 2 aromatic rings. The van der Waals surface area contributed by atoms with E-state index in [2.05, 4.69) is 15.5 Å². The van der Waals surface area contributed by atoms with Crippen LogP contribution in [0.4, 0.5) is 0 Å². The van der Waals surface area contributed by atoms with E-state index < -0.39 is 0 Å². The van der Waals surface area contributed by atoms with E-state index >= 15 is 0 Å². The van der Waals surface area contributed by atoms with Gasteiger partial charge in [-0.1, -0.05) is 11.2 Å². The summed E-state index contributed by atoms with van der Waals surface area (Å²) in [5.41, 5.74) is 0. The van der Waals surface area contributed by atoms with Gasteiger partial charge in [-0.2, -0.15) is 4.98 Å². The number of nitrogens with zero attached hydrogens (tertiary/aromatic N) is 2. The second-order valence-electron chi connectivity index (χ2n) is 4.30. The third kappa shape index (κ3) is 2.59. The van der Waals surface area contributed by atoms with Gasteiger partial charge in [-0.15, -0.1) is 11.3 Å². The quantitative estimate of drug-likeness (QED) is 0.894. The first kappa shape index (κ1) is 11.4. The van der Waals surface area contributed by atoms with Gasteiger partial charge in [0.1, 0.15) is 0 Å². The monoisotopic (exact) mass is 263 g/mol. The fraction of sp³-hybridized carbons (Fsp3) is 0.417. The molecule has 0 unspecified atom stereocenters. The van der Waals surface area contributed by atoms with Crippen LogP contribution in [0.3, 0.4) is 0 Å². The fourth-order valence-corrected chi connectivity index (χ4v) is 2.29. The van der Waals surface area contributed by atoms with Crippen molar-refractivity contribution in [2.75, 3.05) is 6.54 Å². The van der Waals surface area contributed by atoms with Crippen LogP contribution in [0.5, 0.6) is 0 Å². The summed E-state index contributed by atoms with van der Waals surface area (Å²) in [5.74, 6) is 1.57.